The SMILES string of the molecule is CCOC(=O)c1ccccc1NC(=O)C(Cc1nc(-c2ccc(OC)cc2)no1)NC(=O)OCC1c2ccccc2-c2ccccc21. The van der Waals surface area contributed by atoms with Crippen LogP contribution in [0.2, 0.25) is 0 Å². The summed E-state index contributed by atoms with van der Waals surface area (Å²) in [5.41, 5.74) is 5.38. The number of alkyl carbamates (subject to hydrolysis) is 1. The quantitative estimate of drug-likeness (QED) is 0.167. The number of nitrogens with one attached hydrogen (secondary N) is 2. The Morgan fingerprint density at radius 2 is 1.51 bits per heavy atom. The summed E-state index contributed by atoms with van der Waals surface area (Å²) in [5.74, 6) is -0.307. The predicted octanol–water partition coefficient (Wildman–Crippen LogP) is 6.01. The molecule has 1 aliphatic carbocycles. The molecule has 0 fully saturated rings. The fraction of sp³-hybridized carbons (Fsp3) is 0.194. The molecular formula is C36H32N4O7. The number of methoxy groups -OCH3 is 1. The van der Waals surface area contributed by atoms with Crippen LogP contribution in [0.4, 0.5) is 10.5 Å². The van der Waals surface area contributed by atoms with Crippen LogP contribution in [0.25, 0.3) is 22.5 Å². The molecule has 0 bridgehead atoms. The highest BCUT2D eigenvalue weighted by Gasteiger charge is 2.31. The molecular weight excluding hydrogens is 600 g/mol. The van der Waals surface area contributed by atoms with Crippen molar-refractivity contribution in [3.8, 4) is 28.3 Å². The lowest BCUT2D eigenvalue weighted by Gasteiger charge is -2.19. The molecule has 1 atom stereocenters. The topological polar surface area (TPSA) is 142 Å². The molecule has 1 aromatic heterocycles. The fourth-order valence-electron chi connectivity index (χ4n) is 5.56. The van der Waals surface area contributed by atoms with Crippen molar-refractivity contribution in [2.24, 2.45) is 0 Å². The van der Waals surface area contributed by atoms with E-state index in [0.717, 1.165) is 22.3 Å². The van der Waals surface area contributed by atoms with Crippen LogP contribution in [0.5, 0.6) is 5.75 Å². The van der Waals surface area contributed by atoms with E-state index in [1.54, 1.807) is 62.6 Å². The zero-order valence-corrected chi connectivity index (χ0v) is 25.8. The molecule has 0 radical (unpaired) electrons. The van der Waals surface area contributed by atoms with Crippen molar-refractivity contribution in [2.45, 2.75) is 25.3 Å². The molecule has 47 heavy (non-hydrogen) atoms. The number of amides is 2. The second kappa shape index (κ2) is 14.0. The molecule has 11 nitrogen and oxygen atoms in total. The fourth-order valence-corrected chi connectivity index (χ4v) is 5.56. The monoisotopic (exact) mass is 632 g/mol. The van der Waals surface area contributed by atoms with E-state index in [1.165, 1.54) is 0 Å². The maximum atomic E-state index is 13.7. The first-order chi connectivity index (χ1) is 22.9. The molecule has 0 aliphatic heterocycles. The highest BCUT2D eigenvalue weighted by Crippen LogP contribution is 2.44. The molecule has 0 saturated carbocycles. The number of ether oxygens (including phenoxy) is 3. The van der Waals surface area contributed by atoms with E-state index < -0.39 is 24.0 Å². The molecule has 2 N–H and O–H groups in total. The molecule has 11 heteroatoms. The van der Waals surface area contributed by atoms with Crippen LogP contribution in [0.15, 0.2) is 102 Å². The second-order valence-electron chi connectivity index (χ2n) is 10.7. The van der Waals surface area contributed by atoms with Crippen LogP contribution >= 0.6 is 0 Å². The van der Waals surface area contributed by atoms with Gasteiger partial charge in [0.1, 0.15) is 18.4 Å². The van der Waals surface area contributed by atoms with Crippen molar-refractivity contribution in [2.75, 3.05) is 25.6 Å². The number of hydrogen-bond donors (Lipinski definition) is 2. The number of benzene rings is 4. The number of carbonyl (C=O) groups is 3. The van der Waals surface area contributed by atoms with Crippen LogP contribution in [0.1, 0.15) is 40.2 Å². The van der Waals surface area contributed by atoms with Crippen LogP contribution in [0, 0.1) is 0 Å². The summed E-state index contributed by atoms with van der Waals surface area (Å²) in [4.78, 5) is 43.9. The average molecular weight is 633 g/mol. The van der Waals surface area contributed by atoms with Crippen molar-refractivity contribution in [3.05, 3.63) is 120 Å². The van der Waals surface area contributed by atoms with E-state index in [1.807, 2.05) is 48.5 Å². The molecule has 4 aromatic carbocycles. The Labute approximate surface area is 270 Å². The van der Waals surface area contributed by atoms with Crippen molar-refractivity contribution < 1.29 is 33.1 Å². The minimum atomic E-state index is -1.20. The third kappa shape index (κ3) is 6.84. The van der Waals surface area contributed by atoms with Gasteiger partial charge in [0.05, 0.1) is 31.4 Å². The Bertz CT molecular complexity index is 1860. The van der Waals surface area contributed by atoms with Crippen LogP contribution in [-0.2, 0) is 20.7 Å². The number of nitrogens with zero attached hydrogens (tertiary/aromatic N) is 2. The summed E-state index contributed by atoms with van der Waals surface area (Å²) in [7, 11) is 1.57. The first kappa shape index (κ1) is 31.0. The molecule has 5 aromatic rings. The lowest BCUT2D eigenvalue weighted by atomic mass is 9.98. The predicted molar refractivity (Wildman–Crippen MR) is 173 cm³/mol. The third-order valence-corrected chi connectivity index (χ3v) is 7.83. The number of hydrogen-bond acceptors (Lipinski definition) is 9. The van der Waals surface area contributed by atoms with E-state index in [9.17, 15) is 14.4 Å². The number of aromatic nitrogens is 2. The molecule has 6 rings (SSSR count). The maximum Gasteiger partial charge on any atom is 0.407 e. The Morgan fingerprint density at radius 1 is 0.851 bits per heavy atom. The van der Waals surface area contributed by atoms with Gasteiger partial charge in [0.2, 0.25) is 17.6 Å². The van der Waals surface area contributed by atoms with Gasteiger partial charge in [-0.1, -0.05) is 65.8 Å². The Kier molecular flexibility index (Phi) is 9.23. The number of carbonyl (C=O) groups excluding carboxylic acids is 3. The largest absolute Gasteiger partial charge is 0.497 e. The number of para-hydroxylation sites is 1. The second-order valence-corrected chi connectivity index (χ2v) is 10.7. The normalized spacial score (nSPS) is 12.4. The number of fused-ring (bicyclic) bond motifs is 3. The molecule has 238 valence electrons. The number of anilines is 1. The molecule has 1 heterocycles. The maximum absolute atomic E-state index is 13.7. The number of esters is 1. The summed E-state index contributed by atoms with van der Waals surface area (Å²) in [5, 5.41) is 9.44. The van der Waals surface area contributed by atoms with Crippen molar-refractivity contribution in [1.29, 1.82) is 0 Å². The van der Waals surface area contributed by atoms with Crippen LogP contribution in [-0.4, -0.2) is 54.5 Å². The lowest BCUT2D eigenvalue weighted by molar-refractivity contribution is -0.118. The first-order valence-corrected chi connectivity index (χ1v) is 15.1. The summed E-state index contributed by atoms with van der Waals surface area (Å²) in [6, 6.07) is 28.3. The Morgan fingerprint density at radius 3 is 2.19 bits per heavy atom. The summed E-state index contributed by atoms with van der Waals surface area (Å²) in [6.07, 6.45) is -0.957. The van der Waals surface area contributed by atoms with Crippen molar-refractivity contribution >= 4 is 23.7 Å². The van der Waals surface area contributed by atoms with Crippen LogP contribution in [0.3, 0.4) is 0 Å². The zero-order chi connectivity index (χ0) is 32.8. The van der Waals surface area contributed by atoms with Gasteiger partial charge < -0.3 is 29.4 Å². The van der Waals surface area contributed by atoms with Gasteiger partial charge in [-0.3, -0.25) is 4.79 Å². The molecule has 0 saturated heterocycles. The highest BCUT2D eigenvalue weighted by atomic mass is 16.5. The molecule has 0 spiro atoms. The van der Waals surface area contributed by atoms with E-state index in [0.29, 0.717) is 17.1 Å². The van der Waals surface area contributed by atoms with Gasteiger partial charge in [-0.15, -0.1) is 0 Å². The van der Waals surface area contributed by atoms with Gasteiger partial charge in [0.25, 0.3) is 0 Å². The smallest absolute Gasteiger partial charge is 0.407 e. The molecule has 1 aliphatic rings. The minimum Gasteiger partial charge on any atom is -0.497 e. The van der Waals surface area contributed by atoms with E-state index >= 15 is 0 Å². The van der Waals surface area contributed by atoms with E-state index in [2.05, 4.69) is 20.8 Å². The van der Waals surface area contributed by atoms with Crippen LogP contribution < -0.4 is 15.4 Å². The van der Waals surface area contributed by atoms with Gasteiger partial charge in [0.15, 0.2) is 0 Å². The summed E-state index contributed by atoms with van der Waals surface area (Å²) < 4.78 is 21.5. The van der Waals surface area contributed by atoms with E-state index in [-0.39, 0.29) is 42.7 Å². The number of rotatable bonds is 11. The van der Waals surface area contributed by atoms with Crippen molar-refractivity contribution in [1.82, 2.24) is 15.5 Å². The van der Waals surface area contributed by atoms with Gasteiger partial charge in [-0.2, -0.15) is 4.98 Å². The van der Waals surface area contributed by atoms with E-state index in [4.69, 9.17) is 18.7 Å². The molecule has 1 unspecified atom stereocenters. The Balaban J connectivity index is 1.21. The lowest BCUT2D eigenvalue weighted by Crippen LogP contribution is -2.46. The van der Waals surface area contributed by atoms with Gasteiger partial charge in [-0.05, 0) is 65.6 Å². The Hall–Kier alpha value is -5.97. The third-order valence-electron chi connectivity index (χ3n) is 7.83. The minimum absolute atomic E-state index is 0.0576. The first-order valence-electron chi connectivity index (χ1n) is 15.1. The summed E-state index contributed by atoms with van der Waals surface area (Å²) in [6.45, 7) is 1.92. The van der Waals surface area contributed by atoms with Gasteiger partial charge in [-0.25, -0.2) is 9.59 Å². The standard InChI is InChI=1S/C36H32N4O7/c1-3-45-35(42)28-14-8-9-15-30(28)37-34(41)31(20-32-39-33(40-47-32)22-16-18-23(44-2)19-17-22)38-36(43)46-21-29-26-12-6-4-10-24(26)25-11-5-7-13-27(25)29/h4-19,29,31H,3,20-21H2,1-2H3,(H,37,41)(H,38,43). The summed E-state index contributed by atoms with van der Waals surface area (Å²) >= 11 is 0. The zero-order valence-electron chi connectivity index (χ0n) is 25.8. The van der Waals surface area contributed by atoms with Crippen molar-refractivity contribution in [3.63, 3.8) is 0 Å². The van der Waals surface area contributed by atoms with Gasteiger partial charge >= 0.3 is 12.1 Å². The average Bonchev–Trinajstić information content (AvgIpc) is 3.70. The molecule has 2 amide bonds. The van der Waals surface area contributed by atoms with Gasteiger partial charge in [0, 0.05) is 11.5 Å². The highest BCUT2D eigenvalue weighted by molar-refractivity contribution is 6.03.